The number of fused-ring (bicyclic) bond motifs is 4. The van der Waals surface area contributed by atoms with Crippen molar-refractivity contribution in [3.8, 4) is 5.75 Å². The number of carbonyl (C=O) groups excluding carboxylic acids is 1. The molecule has 34 heavy (non-hydrogen) atoms. The highest BCUT2D eigenvalue weighted by atomic mass is 16.3. The van der Waals surface area contributed by atoms with Crippen LogP contribution in [0, 0.1) is 5.41 Å². The maximum Gasteiger partial charge on any atom is 0.321 e. The number of phenolic OH excluding ortho intramolecular Hbond substituents is 1. The topological polar surface area (TPSA) is 92.8 Å². The Morgan fingerprint density at radius 2 is 2.09 bits per heavy atom. The molecule has 3 N–H and O–H groups in total. The van der Waals surface area contributed by atoms with E-state index in [-0.39, 0.29) is 29.3 Å². The molecule has 3 atom stereocenters. The zero-order chi connectivity index (χ0) is 23.9. The standard InChI is InChI=1S/C27H30N4O3/c1-27-10-11-31(16-19-9-12-34-17-19)24(13-20-5-8-22(32)14-23(20)27)25(27)30(2)26(33)29-21-6-3-18(15-28)4-7-21/h3-9,12,14-15,17,24-25,28,32H,10-11,13,16H2,1-2H3,(H,29,33)/t24?,25-,27+/m0/s1. The van der Waals surface area contributed by atoms with E-state index < -0.39 is 0 Å². The Balaban J connectivity index is 1.48. The van der Waals surface area contributed by atoms with Crippen LogP contribution in [-0.2, 0) is 18.4 Å². The van der Waals surface area contributed by atoms with Gasteiger partial charge in [0, 0.05) is 42.5 Å². The van der Waals surface area contributed by atoms with Crippen molar-refractivity contribution >= 4 is 17.9 Å². The number of furan rings is 1. The average molecular weight is 459 g/mol. The van der Waals surface area contributed by atoms with Crippen LogP contribution in [0.2, 0.25) is 0 Å². The molecule has 2 bridgehead atoms. The van der Waals surface area contributed by atoms with E-state index in [0.717, 1.165) is 42.6 Å². The molecule has 1 unspecified atom stereocenters. The van der Waals surface area contributed by atoms with E-state index in [0.29, 0.717) is 5.69 Å². The molecule has 0 saturated carbocycles. The van der Waals surface area contributed by atoms with Crippen LogP contribution in [0.3, 0.4) is 0 Å². The first-order chi connectivity index (χ1) is 16.4. The van der Waals surface area contributed by atoms with Gasteiger partial charge in [0.1, 0.15) is 5.75 Å². The molecule has 176 valence electrons. The van der Waals surface area contributed by atoms with E-state index >= 15 is 0 Å². The third-order valence-electron chi connectivity index (χ3n) is 7.57. The Morgan fingerprint density at radius 3 is 2.79 bits per heavy atom. The maximum absolute atomic E-state index is 13.4. The summed E-state index contributed by atoms with van der Waals surface area (Å²) in [6.07, 6.45) is 6.44. The number of rotatable bonds is 5. The highest BCUT2D eigenvalue weighted by molar-refractivity contribution is 5.90. The second-order valence-corrected chi connectivity index (χ2v) is 9.63. The third-order valence-corrected chi connectivity index (χ3v) is 7.57. The van der Waals surface area contributed by atoms with Gasteiger partial charge in [-0.1, -0.05) is 25.1 Å². The first-order valence-electron chi connectivity index (χ1n) is 11.6. The molecular formula is C27H30N4O3. The van der Waals surface area contributed by atoms with Gasteiger partial charge in [-0.2, -0.15) is 0 Å². The first-order valence-corrected chi connectivity index (χ1v) is 11.6. The number of benzene rings is 2. The van der Waals surface area contributed by atoms with Crippen molar-refractivity contribution in [2.24, 2.45) is 0 Å². The number of piperidine rings is 1. The van der Waals surface area contributed by atoms with Crippen LogP contribution in [-0.4, -0.2) is 52.8 Å². The summed E-state index contributed by atoms with van der Waals surface area (Å²) in [4.78, 5) is 17.7. The van der Waals surface area contributed by atoms with Gasteiger partial charge in [0.25, 0.3) is 0 Å². The molecule has 1 saturated heterocycles. The fraction of sp³-hybridized carbons (Fsp3) is 0.333. The lowest BCUT2D eigenvalue weighted by Gasteiger charge is -2.57. The van der Waals surface area contributed by atoms with Gasteiger partial charge in [-0.25, -0.2) is 4.79 Å². The molecule has 1 aliphatic heterocycles. The minimum atomic E-state index is -0.292. The zero-order valence-corrected chi connectivity index (χ0v) is 19.5. The number of likely N-dealkylation sites (N-methyl/N-ethyl adjacent to an activating group) is 1. The van der Waals surface area contributed by atoms with Gasteiger partial charge in [-0.3, -0.25) is 4.90 Å². The Morgan fingerprint density at radius 1 is 1.29 bits per heavy atom. The van der Waals surface area contributed by atoms with Gasteiger partial charge >= 0.3 is 6.03 Å². The number of urea groups is 1. The largest absolute Gasteiger partial charge is 0.508 e. The summed E-state index contributed by atoms with van der Waals surface area (Å²) in [5.41, 5.74) is 4.67. The molecular weight excluding hydrogens is 428 g/mol. The smallest absolute Gasteiger partial charge is 0.321 e. The van der Waals surface area contributed by atoms with Gasteiger partial charge < -0.3 is 25.1 Å². The summed E-state index contributed by atoms with van der Waals surface area (Å²) in [6, 6.07) is 14.8. The lowest BCUT2D eigenvalue weighted by molar-refractivity contribution is 0.00230. The number of likely N-dealkylation sites (tertiary alicyclic amines) is 1. The molecule has 2 amide bonds. The zero-order valence-electron chi connectivity index (χ0n) is 19.5. The molecule has 2 heterocycles. The Bertz CT molecular complexity index is 1190. The van der Waals surface area contributed by atoms with Gasteiger partial charge in [0.15, 0.2) is 0 Å². The number of phenols is 1. The van der Waals surface area contributed by atoms with Gasteiger partial charge in [-0.15, -0.1) is 0 Å². The van der Waals surface area contributed by atoms with E-state index in [1.165, 1.54) is 11.8 Å². The second-order valence-electron chi connectivity index (χ2n) is 9.63. The van der Waals surface area contributed by atoms with Gasteiger partial charge in [0.05, 0.1) is 18.6 Å². The minimum Gasteiger partial charge on any atom is -0.508 e. The lowest BCUT2D eigenvalue weighted by Crippen LogP contribution is -2.68. The summed E-state index contributed by atoms with van der Waals surface area (Å²) in [5, 5.41) is 20.7. The van der Waals surface area contributed by atoms with Gasteiger partial charge in [-0.05, 0) is 66.4 Å². The summed E-state index contributed by atoms with van der Waals surface area (Å²) >= 11 is 0. The quantitative estimate of drug-likeness (QED) is 0.487. The van der Waals surface area contributed by atoms with Crippen LogP contribution in [0.5, 0.6) is 5.75 Å². The van der Waals surface area contributed by atoms with Crippen molar-refractivity contribution in [3.05, 3.63) is 83.3 Å². The molecule has 1 aliphatic carbocycles. The van der Waals surface area contributed by atoms with Gasteiger partial charge in [0.2, 0.25) is 0 Å². The number of hydrogen-bond donors (Lipinski definition) is 3. The molecule has 3 aromatic rings. The summed E-state index contributed by atoms with van der Waals surface area (Å²) < 4.78 is 5.30. The van der Waals surface area contributed by atoms with Crippen molar-refractivity contribution in [1.29, 1.82) is 5.41 Å². The van der Waals surface area contributed by atoms with Crippen molar-refractivity contribution in [2.75, 3.05) is 18.9 Å². The van der Waals surface area contributed by atoms with Crippen LogP contribution >= 0.6 is 0 Å². The molecule has 0 radical (unpaired) electrons. The van der Waals surface area contributed by atoms with Crippen molar-refractivity contribution in [2.45, 2.75) is 43.8 Å². The van der Waals surface area contributed by atoms with Crippen LogP contribution in [0.4, 0.5) is 10.5 Å². The van der Waals surface area contributed by atoms with Crippen LogP contribution in [0.25, 0.3) is 0 Å². The summed E-state index contributed by atoms with van der Waals surface area (Å²) in [7, 11) is 1.87. The van der Waals surface area contributed by atoms with Crippen molar-refractivity contribution in [3.63, 3.8) is 0 Å². The van der Waals surface area contributed by atoms with E-state index in [2.05, 4.69) is 17.1 Å². The Hall–Kier alpha value is -3.58. The molecule has 1 fully saturated rings. The highest BCUT2D eigenvalue weighted by Gasteiger charge is 2.53. The molecule has 7 nitrogen and oxygen atoms in total. The number of anilines is 1. The molecule has 0 spiro atoms. The number of amides is 2. The normalized spacial score (nSPS) is 23.7. The minimum absolute atomic E-state index is 0.0803. The number of hydrogen-bond acceptors (Lipinski definition) is 5. The predicted octanol–water partition coefficient (Wildman–Crippen LogP) is 4.60. The first kappa shape index (κ1) is 22.2. The Kier molecular flexibility index (Phi) is 5.65. The van der Waals surface area contributed by atoms with E-state index in [1.54, 1.807) is 18.6 Å². The molecule has 2 aromatic carbocycles. The highest BCUT2D eigenvalue weighted by Crippen LogP contribution is 2.48. The summed E-state index contributed by atoms with van der Waals surface area (Å²) in [5.74, 6) is 0.261. The Labute approximate surface area is 199 Å². The summed E-state index contributed by atoms with van der Waals surface area (Å²) in [6.45, 7) is 3.89. The third kappa shape index (κ3) is 3.86. The molecule has 2 aliphatic rings. The SMILES string of the molecule is CN(C(=O)Nc1ccc(C=N)cc1)[C@H]1C2Cc3ccc(O)cc3[C@@]1(C)CCN2Cc1ccoc1. The molecule has 1 aromatic heterocycles. The van der Waals surface area contributed by atoms with Crippen molar-refractivity contribution < 1.29 is 14.3 Å². The average Bonchev–Trinajstić information content (AvgIpc) is 3.35. The fourth-order valence-corrected chi connectivity index (χ4v) is 5.85. The lowest BCUT2D eigenvalue weighted by atomic mass is 9.61. The molecule has 7 heteroatoms. The number of nitrogens with zero attached hydrogens (tertiary/aromatic N) is 2. The number of aromatic hydroxyl groups is 1. The van der Waals surface area contributed by atoms with E-state index in [9.17, 15) is 9.90 Å². The number of carbonyl (C=O) groups is 1. The van der Waals surface area contributed by atoms with E-state index in [1.807, 2.05) is 54.4 Å². The monoisotopic (exact) mass is 458 g/mol. The van der Waals surface area contributed by atoms with Crippen molar-refractivity contribution in [1.82, 2.24) is 9.80 Å². The van der Waals surface area contributed by atoms with Crippen LogP contribution < -0.4 is 5.32 Å². The molecule has 5 rings (SSSR count). The maximum atomic E-state index is 13.4. The number of nitrogens with one attached hydrogen (secondary N) is 2. The van der Waals surface area contributed by atoms with Crippen LogP contribution in [0.1, 0.15) is 35.6 Å². The predicted molar refractivity (Wildman–Crippen MR) is 132 cm³/mol. The van der Waals surface area contributed by atoms with Crippen LogP contribution in [0.15, 0.2) is 65.5 Å². The van der Waals surface area contributed by atoms with E-state index in [4.69, 9.17) is 9.83 Å². The fourth-order valence-electron chi connectivity index (χ4n) is 5.85. The second kappa shape index (κ2) is 8.65.